The van der Waals surface area contributed by atoms with Crippen LogP contribution in [0.25, 0.3) is 0 Å². The first-order chi connectivity index (χ1) is 6.31. The summed E-state index contributed by atoms with van der Waals surface area (Å²) in [7, 11) is 0. The highest BCUT2D eigenvalue weighted by molar-refractivity contribution is 7.94. The lowest BCUT2D eigenvalue weighted by atomic mass is 10.7. The number of hydrogen-bond acceptors (Lipinski definition) is 6. The van der Waals surface area contributed by atoms with E-state index in [4.69, 9.17) is 4.74 Å². The zero-order valence-electron chi connectivity index (χ0n) is 7.78. The maximum Gasteiger partial charge on any atom is 0.332 e. The van der Waals surface area contributed by atoms with Gasteiger partial charge >= 0.3 is 5.97 Å². The summed E-state index contributed by atoms with van der Waals surface area (Å²) in [4.78, 5) is 15.2. The van der Waals surface area contributed by atoms with E-state index in [-0.39, 0.29) is 13.4 Å². The van der Waals surface area contributed by atoms with Crippen molar-refractivity contribution in [3.8, 4) is 0 Å². The molecule has 0 aliphatic heterocycles. The van der Waals surface area contributed by atoms with Crippen LogP contribution in [0.1, 0.15) is 13.8 Å². The van der Waals surface area contributed by atoms with E-state index < -0.39 is 5.97 Å². The van der Waals surface area contributed by atoms with Crippen LogP contribution in [0, 0.1) is 0 Å². The van der Waals surface area contributed by atoms with Gasteiger partial charge in [0.15, 0.2) is 6.79 Å². The number of carbonyl (C=O) groups excluding carboxylic acids is 1. The van der Waals surface area contributed by atoms with Crippen molar-refractivity contribution in [1.29, 1.82) is 0 Å². The minimum Gasteiger partial charge on any atom is -0.464 e. The van der Waals surface area contributed by atoms with Crippen LogP contribution in [0.2, 0.25) is 0 Å². The van der Waals surface area contributed by atoms with E-state index in [1.54, 1.807) is 6.92 Å². The first-order valence-corrected chi connectivity index (χ1v) is 4.86. The van der Waals surface area contributed by atoms with Crippen molar-refractivity contribution >= 4 is 18.0 Å². The molecule has 6 heteroatoms. The number of rotatable bonds is 8. The Hall–Kier alpha value is -0.300. The Morgan fingerprint density at radius 1 is 1.38 bits per heavy atom. The molecule has 13 heavy (non-hydrogen) atoms. The van der Waals surface area contributed by atoms with Gasteiger partial charge in [0.05, 0.1) is 6.61 Å². The van der Waals surface area contributed by atoms with Crippen LogP contribution < -0.4 is 0 Å². The summed E-state index contributed by atoms with van der Waals surface area (Å²) in [5.41, 5.74) is 0. The van der Waals surface area contributed by atoms with Crippen molar-refractivity contribution in [2.75, 3.05) is 25.8 Å². The Morgan fingerprint density at radius 2 is 2.15 bits per heavy atom. The van der Waals surface area contributed by atoms with Crippen molar-refractivity contribution in [1.82, 2.24) is 0 Å². The van der Waals surface area contributed by atoms with Crippen molar-refractivity contribution in [2.45, 2.75) is 13.8 Å². The zero-order valence-corrected chi connectivity index (χ0v) is 8.59. The molecule has 0 heterocycles. The third-order valence-electron chi connectivity index (χ3n) is 0.871. The minimum absolute atomic E-state index is 0.0776. The quantitative estimate of drug-likeness (QED) is 0.149. The molecular weight excluding hydrogens is 196 g/mol. The molecule has 0 unspecified atom stereocenters. The average Bonchev–Trinajstić information content (AvgIpc) is 2.11. The van der Waals surface area contributed by atoms with Crippen molar-refractivity contribution in [2.24, 2.45) is 0 Å². The summed E-state index contributed by atoms with van der Waals surface area (Å²) < 4.78 is 13.9. The summed E-state index contributed by atoms with van der Waals surface area (Å²) >= 11 is 1.16. The zero-order chi connectivity index (χ0) is 9.94. The first kappa shape index (κ1) is 12.7. The Labute approximate surface area is 81.8 Å². The predicted molar refractivity (Wildman–Crippen MR) is 47.8 cm³/mol. The first-order valence-electron chi connectivity index (χ1n) is 3.95. The van der Waals surface area contributed by atoms with Crippen LogP contribution in [-0.2, 0) is 23.5 Å². The molecule has 0 amide bonds. The molecule has 0 saturated carbocycles. The molecule has 0 aliphatic carbocycles. The second-order valence-electron chi connectivity index (χ2n) is 1.86. The van der Waals surface area contributed by atoms with Crippen LogP contribution in [0.5, 0.6) is 0 Å². The van der Waals surface area contributed by atoms with E-state index in [0.717, 1.165) is 17.8 Å². The number of carbonyl (C=O) groups is 1. The molecule has 0 N–H and O–H groups in total. The fourth-order valence-corrected chi connectivity index (χ4v) is 0.667. The normalized spacial score (nSPS) is 10.0. The van der Waals surface area contributed by atoms with E-state index in [1.807, 2.05) is 6.92 Å². The van der Waals surface area contributed by atoms with Gasteiger partial charge in [-0.15, -0.1) is 0 Å². The molecule has 0 spiro atoms. The monoisotopic (exact) mass is 210 g/mol. The van der Waals surface area contributed by atoms with Gasteiger partial charge in [-0.25, -0.2) is 4.79 Å². The molecule has 0 rings (SSSR count). The molecule has 0 aromatic carbocycles. The third kappa shape index (κ3) is 9.62. The summed E-state index contributed by atoms with van der Waals surface area (Å²) in [6, 6.07) is 0. The summed E-state index contributed by atoms with van der Waals surface area (Å²) in [6.07, 6.45) is 0. The molecule has 0 radical (unpaired) electrons. The Kier molecular flexibility index (Phi) is 9.56. The van der Waals surface area contributed by atoms with Gasteiger partial charge in [-0.05, 0) is 6.92 Å². The second kappa shape index (κ2) is 9.79. The van der Waals surface area contributed by atoms with Crippen molar-refractivity contribution in [3.05, 3.63) is 0 Å². The van der Waals surface area contributed by atoms with E-state index >= 15 is 0 Å². The van der Waals surface area contributed by atoms with Crippen molar-refractivity contribution in [3.63, 3.8) is 0 Å². The van der Waals surface area contributed by atoms with E-state index in [0.29, 0.717) is 6.61 Å². The van der Waals surface area contributed by atoms with E-state index in [9.17, 15) is 4.79 Å². The number of hydrogen-bond donors (Lipinski definition) is 0. The van der Waals surface area contributed by atoms with Gasteiger partial charge < -0.3 is 9.47 Å². The largest absolute Gasteiger partial charge is 0.464 e. The average molecular weight is 210 g/mol. The molecule has 0 atom stereocenters. The Balaban J connectivity index is 3.02. The summed E-state index contributed by atoms with van der Waals surface area (Å²) in [6.45, 7) is 3.81. The molecule has 5 nitrogen and oxygen atoms in total. The molecule has 78 valence electrons. The van der Waals surface area contributed by atoms with Crippen LogP contribution in [0.3, 0.4) is 0 Å². The van der Waals surface area contributed by atoms with Crippen LogP contribution >= 0.6 is 12.0 Å². The highest BCUT2D eigenvalue weighted by atomic mass is 32.2. The van der Waals surface area contributed by atoms with E-state index in [1.165, 1.54) is 0 Å². The van der Waals surface area contributed by atoms with Gasteiger partial charge in [-0.3, -0.25) is 0 Å². The maximum absolute atomic E-state index is 10.7. The van der Waals surface area contributed by atoms with Crippen LogP contribution in [0.15, 0.2) is 0 Å². The number of ether oxygens (including phenoxy) is 2. The van der Waals surface area contributed by atoms with Gasteiger partial charge in [-0.1, -0.05) is 6.92 Å². The predicted octanol–water partition coefficient (Wildman–Crippen LogP) is 1.14. The SMILES string of the molecule is CCOC(=O)COCOOSCC. The third-order valence-corrected chi connectivity index (χ3v) is 1.30. The lowest BCUT2D eigenvalue weighted by Crippen LogP contribution is -2.13. The second-order valence-corrected chi connectivity index (χ2v) is 2.81. The van der Waals surface area contributed by atoms with Gasteiger partial charge in [-0.2, -0.15) is 9.22 Å². The lowest BCUT2D eigenvalue weighted by molar-refractivity contribution is -0.255. The number of esters is 1. The summed E-state index contributed by atoms with van der Waals surface area (Å²) in [5, 5.41) is 0. The standard InChI is InChI=1S/C7H14O5S/c1-3-10-7(8)5-9-6-11-12-13-4-2/h3-6H2,1-2H3. The Morgan fingerprint density at radius 3 is 2.77 bits per heavy atom. The Bertz CT molecular complexity index is 130. The minimum atomic E-state index is -0.408. The summed E-state index contributed by atoms with van der Waals surface area (Å²) in [5.74, 6) is 0.381. The molecular formula is C7H14O5S. The highest BCUT2D eigenvalue weighted by Gasteiger charge is 2.00. The smallest absolute Gasteiger partial charge is 0.332 e. The highest BCUT2D eigenvalue weighted by Crippen LogP contribution is 2.00. The van der Waals surface area contributed by atoms with Crippen LogP contribution in [0.4, 0.5) is 0 Å². The van der Waals surface area contributed by atoms with E-state index in [2.05, 4.69) is 14.0 Å². The van der Waals surface area contributed by atoms with Gasteiger partial charge in [0, 0.05) is 17.8 Å². The fourth-order valence-electron chi connectivity index (χ4n) is 0.463. The van der Waals surface area contributed by atoms with Crippen LogP contribution in [-0.4, -0.2) is 31.7 Å². The molecule has 0 saturated heterocycles. The van der Waals surface area contributed by atoms with Crippen molar-refractivity contribution < 1.29 is 23.5 Å². The van der Waals surface area contributed by atoms with Gasteiger partial charge in [0.2, 0.25) is 0 Å². The maximum atomic E-state index is 10.7. The molecule has 0 aromatic heterocycles. The fraction of sp³-hybridized carbons (Fsp3) is 0.857. The molecule has 0 fully saturated rings. The topological polar surface area (TPSA) is 54.0 Å². The molecule has 0 aromatic rings. The molecule has 0 aliphatic rings. The molecule has 0 bridgehead atoms. The van der Waals surface area contributed by atoms with Gasteiger partial charge in [0.1, 0.15) is 6.61 Å². The van der Waals surface area contributed by atoms with Gasteiger partial charge in [0.25, 0.3) is 0 Å². The lowest BCUT2D eigenvalue weighted by Gasteiger charge is -2.03.